The molecule has 0 radical (unpaired) electrons. The van der Waals surface area contributed by atoms with Crippen LogP contribution in [0.25, 0.3) is 0 Å². The van der Waals surface area contributed by atoms with Crippen LogP contribution in [0.4, 0.5) is 4.79 Å². The van der Waals surface area contributed by atoms with E-state index in [2.05, 4.69) is 6.58 Å². The Kier molecular flexibility index (Phi) is 6.02. The number of piperazine rings is 1. The molecule has 0 spiro atoms. The molecule has 0 atom stereocenters. The van der Waals surface area contributed by atoms with Crippen LogP contribution in [0.15, 0.2) is 36.9 Å². The van der Waals surface area contributed by atoms with Crippen molar-refractivity contribution >= 4 is 12.0 Å². The highest BCUT2D eigenvalue weighted by atomic mass is 16.6. The maximum absolute atomic E-state index is 12.1. The lowest BCUT2D eigenvalue weighted by Crippen LogP contribution is -2.51. The summed E-state index contributed by atoms with van der Waals surface area (Å²) in [5.74, 6) is 0.597. The monoisotopic (exact) mass is 318 g/mol. The first-order valence-electron chi connectivity index (χ1n) is 7.60. The number of hydrogen-bond donors (Lipinski definition) is 0. The number of carbonyl (C=O) groups is 2. The Bertz CT molecular complexity index is 548. The average Bonchev–Trinajstić information content (AvgIpc) is 2.59. The molecule has 0 unspecified atom stereocenters. The van der Waals surface area contributed by atoms with Crippen molar-refractivity contribution in [3.8, 4) is 5.75 Å². The van der Waals surface area contributed by atoms with Crippen LogP contribution in [0.1, 0.15) is 5.56 Å². The van der Waals surface area contributed by atoms with E-state index in [1.165, 1.54) is 6.08 Å². The Labute approximate surface area is 136 Å². The molecule has 0 aliphatic carbocycles. The molecule has 6 nitrogen and oxygen atoms in total. The Hall–Kier alpha value is -2.50. The average molecular weight is 318 g/mol. The van der Waals surface area contributed by atoms with Gasteiger partial charge in [0.05, 0.1) is 0 Å². The van der Waals surface area contributed by atoms with E-state index < -0.39 is 0 Å². The second-order valence-corrected chi connectivity index (χ2v) is 5.34. The molecule has 1 aliphatic heterocycles. The van der Waals surface area contributed by atoms with Gasteiger partial charge in [-0.1, -0.05) is 30.4 Å². The van der Waals surface area contributed by atoms with Gasteiger partial charge in [0.25, 0.3) is 5.91 Å². The van der Waals surface area contributed by atoms with E-state index in [0.717, 1.165) is 5.56 Å². The summed E-state index contributed by atoms with van der Waals surface area (Å²) in [6.07, 6.45) is 1.16. The molecule has 1 fully saturated rings. The number of hydrogen-bond acceptors (Lipinski definition) is 4. The zero-order valence-corrected chi connectivity index (χ0v) is 13.4. The summed E-state index contributed by atoms with van der Waals surface area (Å²) in [7, 11) is 0. The van der Waals surface area contributed by atoms with Crippen LogP contribution in [-0.2, 0) is 9.53 Å². The molecule has 1 aromatic carbocycles. The Morgan fingerprint density at radius 2 is 1.74 bits per heavy atom. The summed E-state index contributed by atoms with van der Waals surface area (Å²) in [6.45, 7) is 7.60. The molecule has 0 bridgehead atoms. The Morgan fingerprint density at radius 1 is 1.13 bits per heavy atom. The van der Waals surface area contributed by atoms with E-state index in [-0.39, 0.29) is 25.2 Å². The lowest BCUT2D eigenvalue weighted by atomic mass is 10.2. The number of ether oxygens (including phenoxy) is 2. The van der Waals surface area contributed by atoms with Gasteiger partial charge < -0.3 is 19.3 Å². The van der Waals surface area contributed by atoms with Crippen molar-refractivity contribution in [2.45, 2.75) is 6.92 Å². The van der Waals surface area contributed by atoms with E-state index in [9.17, 15) is 9.59 Å². The fourth-order valence-corrected chi connectivity index (χ4v) is 2.23. The molecular weight excluding hydrogens is 296 g/mol. The number of aryl methyl sites for hydroxylation is 1. The molecule has 1 aliphatic rings. The fourth-order valence-electron chi connectivity index (χ4n) is 2.23. The summed E-state index contributed by atoms with van der Waals surface area (Å²) >= 11 is 0. The van der Waals surface area contributed by atoms with Crippen molar-refractivity contribution in [3.05, 3.63) is 42.5 Å². The predicted molar refractivity (Wildman–Crippen MR) is 86.4 cm³/mol. The summed E-state index contributed by atoms with van der Waals surface area (Å²) in [5, 5.41) is 0. The van der Waals surface area contributed by atoms with Crippen LogP contribution in [0.2, 0.25) is 0 Å². The molecule has 0 N–H and O–H groups in total. The number of rotatable bonds is 5. The first-order chi connectivity index (χ1) is 11.1. The number of benzene rings is 1. The smallest absolute Gasteiger partial charge is 0.410 e. The van der Waals surface area contributed by atoms with Gasteiger partial charge in [0.2, 0.25) is 0 Å². The summed E-state index contributed by atoms with van der Waals surface area (Å²) in [6, 6.07) is 7.56. The largest absolute Gasteiger partial charge is 0.484 e. The van der Waals surface area contributed by atoms with E-state index >= 15 is 0 Å². The maximum Gasteiger partial charge on any atom is 0.410 e. The van der Waals surface area contributed by atoms with Crippen molar-refractivity contribution < 1.29 is 19.1 Å². The third-order valence-corrected chi connectivity index (χ3v) is 3.60. The van der Waals surface area contributed by atoms with Gasteiger partial charge in [-0.15, -0.1) is 0 Å². The number of amides is 2. The van der Waals surface area contributed by atoms with Gasteiger partial charge in [0, 0.05) is 26.2 Å². The van der Waals surface area contributed by atoms with Crippen molar-refractivity contribution in [3.63, 3.8) is 0 Å². The van der Waals surface area contributed by atoms with Crippen molar-refractivity contribution in [1.29, 1.82) is 0 Å². The third-order valence-electron chi connectivity index (χ3n) is 3.60. The second-order valence-electron chi connectivity index (χ2n) is 5.34. The highest BCUT2D eigenvalue weighted by molar-refractivity contribution is 5.78. The van der Waals surface area contributed by atoms with Gasteiger partial charge in [-0.25, -0.2) is 4.79 Å². The predicted octanol–water partition coefficient (Wildman–Crippen LogP) is 1.84. The van der Waals surface area contributed by atoms with E-state index in [4.69, 9.17) is 9.47 Å². The fraction of sp³-hybridized carbons (Fsp3) is 0.412. The van der Waals surface area contributed by atoms with Gasteiger partial charge in [-0.3, -0.25) is 4.79 Å². The van der Waals surface area contributed by atoms with Gasteiger partial charge in [0.15, 0.2) is 6.61 Å². The van der Waals surface area contributed by atoms with Gasteiger partial charge in [-0.05, 0) is 19.1 Å². The van der Waals surface area contributed by atoms with Crippen LogP contribution in [0.3, 0.4) is 0 Å². The van der Waals surface area contributed by atoms with Crippen molar-refractivity contribution in [2.24, 2.45) is 0 Å². The molecule has 1 aromatic rings. The first kappa shape index (κ1) is 16.9. The lowest BCUT2D eigenvalue weighted by Gasteiger charge is -2.33. The third kappa shape index (κ3) is 5.02. The maximum atomic E-state index is 12.1. The van der Waals surface area contributed by atoms with Gasteiger partial charge in [0.1, 0.15) is 12.4 Å². The molecule has 0 aromatic heterocycles. The molecule has 2 rings (SSSR count). The lowest BCUT2D eigenvalue weighted by molar-refractivity contribution is -0.134. The summed E-state index contributed by atoms with van der Waals surface area (Å²) in [4.78, 5) is 27.1. The van der Waals surface area contributed by atoms with Crippen LogP contribution in [0, 0.1) is 6.92 Å². The standard InChI is InChI=1S/C17H22N2O4/c1-3-12-22-17(21)19-10-8-18(9-11-19)16(20)13-23-15-6-4-14(2)5-7-15/h3-7H,1,8-13H2,2H3. The second kappa shape index (κ2) is 8.22. The van der Waals surface area contributed by atoms with Crippen molar-refractivity contribution in [1.82, 2.24) is 9.80 Å². The molecular formula is C17H22N2O4. The topological polar surface area (TPSA) is 59.1 Å². The minimum Gasteiger partial charge on any atom is -0.484 e. The zero-order chi connectivity index (χ0) is 16.7. The Balaban J connectivity index is 1.74. The highest BCUT2D eigenvalue weighted by Crippen LogP contribution is 2.12. The molecule has 1 heterocycles. The van der Waals surface area contributed by atoms with Crippen molar-refractivity contribution in [2.75, 3.05) is 39.4 Å². The summed E-state index contributed by atoms with van der Waals surface area (Å²) < 4.78 is 10.5. The highest BCUT2D eigenvalue weighted by Gasteiger charge is 2.24. The number of carbonyl (C=O) groups excluding carboxylic acids is 2. The minimum atomic E-state index is -0.368. The summed E-state index contributed by atoms with van der Waals surface area (Å²) in [5.41, 5.74) is 1.14. The van der Waals surface area contributed by atoms with Gasteiger partial charge >= 0.3 is 6.09 Å². The molecule has 23 heavy (non-hydrogen) atoms. The molecule has 124 valence electrons. The number of nitrogens with zero attached hydrogens (tertiary/aromatic N) is 2. The molecule has 6 heteroatoms. The van der Waals surface area contributed by atoms with Crippen LogP contribution >= 0.6 is 0 Å². The Morgan fingerprint density at radius 3 is 2.35 bits per heavy atom. The van der Waals surface area contributed by atoms with Crippen LogP contribution in [-0.4, -0.2) is 61.2 Å². The minimum absolute atomic E-state index is 0.00394. The molecule has 0 saturated carbocycles. The first-order valence-corrected chi connectivity index (χ1v) is 7.60. The molecule has 1 saturated heterocycles. The van der Waals surface area contributed by atoms with Gasteiger partial charge in [-0.2, -0.15) is 0 Å². The normalized spacial score (nSPS) is 14.3. The van der Waals surface area contributed by atoms with E-state index in [1.54, 1.807) is 9.80 Å². The van der Waals surface area contributed by atoms with E-state index in [1.807, 2.05) is 31.2 Å². The zero-order valence-electron chi connectivity index (χ0n) is 13.4. The quantitative estimate of drug-likeness (QED) is 0.777. The SMILES string of the molecule is C=CCOC(=O)N1CCN(C(=O)COc2ccc(C)cc2)CC1. The van der Waals surface area contributed by atoms with E-state index in [0.29, 0.717) is 31.9 Å². The van der Waals surface area contributed by atoms with Crippen LogP contribution < -0.4 is 4.74 Å². The van der Waals surface area contributed by atoms with Crippen LogP contribution in [0.5, 0.6) is 5.75 Å². The molecule has 2 amide bonds.